The van der Waals surface area contributed by atoms with Crippen LogP contribution in [0.15, 0.2) is 115 Å². The molecule has 0 atom stereocenters. The van der Waals surface area contributed by atoms with Gasteiger partial charge in [0.05, 0.1) is 5.56 Å². The minimum Gasteiger partial charge on any atom is -0.206 e. The van der Waals surface area contributed by atoms with Crippen molar-refractivity contribution in [1.29, 1.82) is 0 Å². The molecule has 0 bridgehead atoms. The summed E-state index contributed by atoms with van der Waals surface area (Å²) in [6.07, 6.45) is 0. The van der Waals surface area contributed by atoms with E-state index < -0.39 is 5.54 Å². The third-order valence-electron chi connectivity index (χ3n) is 5.48. The number of rotatable bonds is 5. The lowest BCUT2D eigenvalue weighted by Crippen LogP contribution is -2.39. The summed E-state index contributed by atoms with van der Waals surface area (Å²) in [5.74, 6) is -0.0173. The van der Waals surface area contributed by atoms with Crippen molar-refractivity contribution in [3.8, 4) is 11.4 Å². The van der Waals surface area contributed by atoms with Crippen molar-refractivity contribution in [3.05, 3.63) is 138 Å². The smallest absolute Gasteiger partial charge is 0.186 e. The third-order valence-corrected chi connectivity index (χ3v) is 5.48. The van der Waals surface area contributed by atoms with Crippen LogP contribution >= 0.6 is 0 Å². The lowest BCUT2D eigenvalue weighted by Gasteiger charge is -2.36. The summed E-state index contributed by atoms with van der Waals surface area (Å²) < 4.78 is 16.5. The molecule has 5 heteroatoms. The van der Waals surface area contributed by atoms with E-state index >= 15 is 0 Å². The van der Waals surface area contributed by atoms with Gasteiger partial charge >= 0.3 is 0 Å². The van der Waals surface area contributed by atoms with Crippen molar-refractivity contribution in [2.24, 2.45) is 0 Å². The number of halogens is 1. The van der Waals surface area contributed by atoms with Crippen LogP contribution in [0.1, 0.15) is 16.7 Å². The van der Waals surface area contributed by atoms with Gasteiger partial charge in [-0.05, 0) is 39.2 Å². The molecule has 1 heterocycles. The van der Waals surface area contributed by atoms with Gasteiger partial charge in [0.2, 0.25) is 0 Å². The van der Waals surface area contributed by atoms with E-state index in [9.17, 15) is 4.39 Å². The molecule has 31 heavy (non-hydrogen) atoms. The first-order chi connectivity index (χ1) is 15.3. The first-order valence-corrected chi connectivity index (χ1v) is 10.0. The molecule has 150 valence electrons. The van der Waals surface area contributed by atoms with Crippen molar-refractivity contribution in [2.45, 2.75) is 5.54 Å². The normalized spacial score (nSPS) is 11.4. The molecule has 4 nitrogen and oxygen atoms in total. The highest BCUT2D eigenvalue weighted by atomic mass is 19.1. The monoisotopic (exact) mass is 406 g/mol. The first-order valence-electron chi connectivity index (χ1n) is 10.0. The molecule has 0 saturated carbocycles. The molecule has 0 aliphatic carbocycles. The molecule has 0 spiro atoms. The Kier molecular flexibility index (Phi) is 4.84. The van der Waals surface area contributed by atoms with Gasteiger partial charge in [-0.2, -0.15) is 0 Å². The van der Waals surface area contributed by atoms with Crippen LogP contribution in [0.5, 0.6) is 0 Å². The topological polar surface area (TPSA) is 43.6 Å². The van der Waals surface area contributed by atoms with Gasteiger partial charge in [-0.3, -0.25) is 0 Å². The molecule has 0 radical (unpaired) electrons. The maximum absolute atomic E-state index is 14.8. The number of nitrogens with zero attached hydrogens (tertiary/aromatic N) is 4. The maximum atomic E-state index is 14.8. The van der Waals surface area contributed by atoms with Gasteiger partial charge in [-0.1, -0.05) is 103 Å². The van der Waals surface area contributed by atoms with Gasteiger partial charge < -0.3 is 0 Å². The number of aromatic nitrogens is 4. The third kappa shape index (κ3) is 3.11. The average Bonchev–Trinajstić information content (AvgIpc) is 3.32. The SMILES string of the molecule is Fc1ccccc1-c1nnnn1C(c1ccccc1)(c1ccccc1)c1ccccc1. The predicted molar refractivity (Wildman–Crippen MR) is 118 cm³/mol. The van der Waals surface area contributed by atoms with Gasteiger partial charge in [0.25, 0.3) is 0 Å². The van der Waals surface area contributed by atoms with Crippen molar-refractivity contribution < 1.29 is 4.39 Å². The van der Waals surface area contributed by atoms with E-state index in [0.717, 1.165) is 16.7 Å². The minimum atomic E-state index is -0.898. The molecule has 4 aromatic carbocycles. The minimum absolute atomic E-state index is 0.347. The molecule has 0 fully saturated rings. The van der Waals surface area contributed by atoms with Crippen molar-refractivity contribution in [2.75, 3.05) is 0 Å². The van der Waals surface area contributed by atoms with E-state index in [2.05, 4.69) is 15.5 Å². The fraction of sp³-hybridized carbons (Fsp3) is 0.0385. The highest BCUT2D eigenvalue weighted by Crippen LogP contribution is 2.42. The average molecular weight is 406 g/mol. The first kappa shape index (κ1) is 18.9. The van der Waals surface area contributed by atoms with Gasteiger partial charge in [-0.15, -0.1) is 5.10 Å². The van der Waals surface area contributed by atoms with Gasteiger partial charge in [0, 0.05) is 0 Å². The summed E-state index contributed by atoms with van der Waals surface area (Å²) in [5.41, 5.74) is 2.36. The van der Waals surface area contributed by atoms with Crippen LogP contribution in [0.25, 0.3) is 11.4 Å². The molecule has 0 amide bonds. The molecular formula is C26H19FN4. The predicted octanol–water partition coefficient (Wildman–Crippen LogP) is 5.32. The lowest BCUT2D eigenvalue weighted by molar-refractivity contribution is 0.450. The Morgan fingerprint density at radius 1 is 0.581 bits per heavy atom. The van der Waals surface area contributed by atoms with E-state index in [4.69, 9.17) is 0 Å². The zero-order valence-corrected chi connectivity index (χ0v) is 16.6. The Labute approximate surface area is 179 Å². The van der Waals surface area contributed by atoms with Crippen LogP contribution in [0, 0.1) is 5.82 Å². The molecule has 5 rings (SSSR count). The molecular weight excluding hydrogens is 387 g/mol. The number of hydrogen-bond donors (Lipinski definition) is 0. The van der Waals surface area contributed by atoms with Crippen LogP contribution in [0.3, 0.4) is 0 Å². The molecule has 0 saturated heterocycles. The Bertz CT molecular complexity index is 1190. The number of hydrogen-bond acceptors (Lipinski definition) is 3. The van der Waals surface area contributed by atoms with Gasteiger partial charge in [0.15, 0.2) is 5.82 Å². The van der Waals surface area contributed by atoms with Crippen LogP contribution in [0.2, 0.25) is 0 Å². The molecule has 0 aliphatic heterocycles. The van der Waals surface area contributed by atoms with Crippen LogP contribution < -0.4 is 0 Å². The number of tetrazole rings is 1. The zero-order valence-electron chi connectivity index (χ0n) is 16.6. The van der Waals surface area contributed by atoms with Gasteiger partial charge in [0.1, 0.15) is 11.4 Å². The van der Waals surface area contributed by atoms with Gasteiger partial charge in [-0.25, -0.2) is 9.07 Å². The largest absolute Gasteiger partial charge is 0.206 e. The summed E-state index contributed by atoms with van der Waals surface area (Å²) in [6, 6.07) is 36.7. The Morgan fingerprint density at radius 3 is 1.52 bits per heavy atom. The summed E-state index contributed by atoms with van der Waals surface area (Å²) >= 11 is 0. The maximum Gasteiger partial charge on any atom is 0.186 e. The molecule has 0 N–H and O–H groups in total. The summed E-state index contributed by atoms with van der Waals surface area (Å²) in [4.78, 5) is 0. The lowest BCUT2D eigenvalue weighted by atomic mass is 9.77. The van der Waals surface area contributed by atoms with Crippen LogP contribution in [-0.2, 0) is 5.54 Å². The fourth-order valence-electron chi connectivity index (χ4n) is 4.13. The van der Waals surface area contributed by atoms with E-state index in [1.54, 1.807) is 22.9 Å². The highest BCUT2D eigenvalue weighted by Gasteiger charge is 2.42. The molecule has 0 aliphatic rings. The van der Waals surface area contributed by atoms with E-state index in [1.807, 2.05) is 91.0 Å². The summed E-state index contributed by atoms with van der Waals surface area (Å²) in [5, 5.41) is 12.7. The van der Waals surface area contributed by atoms with Crippen molar-refractivity contribution in [1.82, 2.24) is 20.2 Å². The Hall–Kier alpha value is -4.12. The molecule has 5 aromatic rings. The summed E-state index contributed by atoms with van der Waals surface area (Å²) in [7, 11) is 0. The second-order valence-electron chi connectivity index (χ2n) is 7.20. The van der Waals surface area contributed by atoms with Crippen molar-refractivity contribution >= 4 is 0 Å². The molecule has 1 aromatic heterocycles. The second kappa shape index (κ2) is 7.95. The van der Waals surface area contributed by atoms with Crippen LogP contribution in [0.4, 0.5) is 4.39 Å². The fourth-order valence-corrected chi connectivity index (χ4v) is 4.13. The van der Waals surface area contributed by atoms with E-state index in [-0.39, 0.29) is 5.82 Å². The van der Waals surface area contributed by atoms with E-state index in [0.29, 0.717) is 11.4 Å². The van der Waals surface area contributed by atoms with E-state index in [1.165, 1.54) is 6.07 Å². The number of benzene rings is 4. The second-order valence-corrected chi connectivity index (χ2v) is 7.20. The molecule has 0 unspecified atom stereocenters. The Morgan fingerprint density at radius 2 is 1.03 bits per heavy atom. The standard InChI is InChI=1S/C26H19FN4/c27-24-19-11-10-18-23(24)25-28-29-30-31(25)26(20-12-4-1-5-13-20,21-14-6-2-7-15-21)22-16-8-3-9-17-22/h1-19H. The highest BCUT2D eigenvalue weighted by molar-refractivity contribution is 5.59. The zero-order chi connectivity index (χ0) is 21.1. The van der Waals surface area contributed by atoms with Crippen molar-refractivity contribution in [3.63, 3.8) is 0 Å². The summed E-state index contributed by atoms with van der Waals surface area (Å²) in [6.45, 7) is 0. The van der Waals surface area contributed by atoms with Crippen LogP contribution in [-0.4, -0.2) is 20.2 Å². The Balaban J connectivity index is 1.92. The quantitative estimate of drug-likeness (QED) is 0.371.